The molecule has 0 fully saturated rings. The van der Waals surface area contributed by atoms with Crippen LogP contribution in [0.4, 0.5) is 5.69 Å². The fourth-order valence-corrected chi connectivity index (χ4v) is 3.81. The molecule has 3 aromatic rings. The highest BCUT2D eigenvalue weighted by Crippen LogP contribution is 2.22. The summed E-state index contributed by atoms with van der Waals surface area (Å²) < 4.78 is 29.0. The fraction of sp³-hybridized carbons (Fsp3) is 0.0526. The number of benzene rings is 2. The molecule has 2 aromatic carbocycles. The molecule has 0 unspecified atom stereocenters. The molecule has 0 atom stereocenters. The van der Waals surface area contributed by atoms with Gasteiger partial charge in [-0.25, -0.2) is 8.42 Å². The summed E-state index contributed by atoms with van der Waals surface area (Å²) in [4.78, 5) is 11.7. The van der Waals surface area contributed by atoms with E-state index in [4.69, 9.17) is 16.9 Å². The molecule has 0 aliphatic rings. The Labute approximate surface area is 161 Å². The summed E-state index contributed by atoms with van der Waals surface area (Å²) in [5.41, 5.74) is 1.32. The topological polar surface area (TPSA) is 92.0 Å². The lowest BCUT2D eigenvalue weighted by molar-refractivity contribution is 0.601. The van der Waals surface area contributed by atoms with Crippen molar-refractivity contribution in [2.75, 3.05) is 4.72 Å². The highest BCUT2D eigenvalue weighted by Gasteiger charge is 2.16. The van der Waals surface area contributed by atoms with Crippen LogP contribution in [0, 0.1) is 11.3 Å². The highest BCUT2D eigenvalue weighted by atomic mass is 35.5. The highest BCUT2D eigenvalue weighted by molar-refractivity contribution is 7.92. The molecule has 3 rings (SSSR count). The van der Waals surface area contributed by atoms with Gasteiger partial charge in [0.15, 0.2) is 0 Å². The van der Waals surface area contributed by atoms with Crippen LogP contribution in [0.2, 0.25) is 5.02 Å². The fourth-order valence-electron chi connectivity index (χ4n) is 2.43. The molecule has 1 N–H and O–H groups in total. The van der Waals surface area contributed by atoms with Gasteiger partial charge in [0.1, 0.15) is 6.07 Å². The second-order valence-electron chi connectivity index (χ2n) is 5.72. The van der Waals surface area contributed by atoms with Gasteiger partial charge < -0.3 is 4.57 Å². The van der Waals surface area contributed by atoms with Crippen molar-refractivity contribution in [1.29, 1.82) is 5.26 Å². The summed E-state index contributed by atoms with van der Waals surface area (Å²) >= 11 is 5.91. The van der Waals surface area contributed by atoms with E-state index in [2.05, 4.69) is 4.72 Å². The molecule has 0 spiro atoms. The number of halogens is 1. The molecule has 1 heterocycles. The number of anilines is 1. The minimum atomic E-state index is -3.84. The van der Waals surface area contributed by atoms with E-state index in [1.165, 1.54) is 24.3 Å². The number of pyridine rings is 1. The number of nitrogens with one attached hydrogen (secondary N) is 1. The van der Waals surface area contributed by atoms with E-state index in [1.54, 1.807) is 47.2 Å². The van der Waals surface area contributed by atoms with Crippen molar-refractivity contribution in [2.45, 2.75) is 11.4 Å². The lowest BCUT2D eigenvalue weighted by Crippen LogP contribution is -2.18. The Balaban J connectivity index is 1.78. The van der Waals surface area contributed by atoms with Crippen LogP contribution in [0.25, 0.3) is 0 Å². The SMILES string of the molecule is N#Cc1ccc(S(=O)(=O)Nc2ccc(Cn3ccccc3=O)cc2)cc1Cl. The van der Waals surface area contributed by atoms with E-state index in [0.717, 1.165) is 5.56 Å². The van der Waals surface area contributed by atoms with E-state index in [-0.39, 0.29) is 21.0 Å². The van der Waals surface area contributed by atoms with E-state index >= 15 is 0 Å². The summed E-state index contributed by atoms with van der Waals surface area (Å²) in [7, 11) is -3.84. The molecule has 1 aromatic heterocycles. The van der Waals surface area contributed by atoms with Gasteiger partial charge in [0.05, 0.1) is 22.0 Å². The van der Waals surface area contributed by atoms with Gasteiger partial charge in [0, 0.05) is 18.0 Å². The summed E-state index contributed by atoms with van der Waals surface area (Å²) in [6.07, 6.45) is 1.69. The molecule has 8 heteroatoms. The third-order valence-corrected chi connectivity index (χ3v) is 5.52. The Kier molecular flexibility index (Phi) is 5.31. The second-order valence-corrected chi connectivity index (χ2v) is 7.81. The molecule has 136 valence electrons. The number of sulfonamides is 1. The van der Waals surface area contributed by atoms with E-state index in [0.29, 0.717) is 12.2 Å². The van der Waals surface area contributed by atoms with Crippen LogP contribution in [-0.4, -0.2) is 13.0 Å². The van der Waals surface area contributed by atoms with Crippen LogP contribution in [0.3, 0.4) is 0 Å². The maximum absolute atomic E-state index is 12.5. The Morgan fingerprint density at radius 1 is 1.07 bits per heavy atom. The van der Waals surface area contributed by atoms with Gasteiger partial charge in [-0.1, -0.05) is 29.8 Å². The van der Waals surface area contributed by atoms with Crippen molar-refractivity contribution in [3.63, 3.8) is 0 Å². The molecule has 0 amide bonds. The van der Waals surface area contributed by atoms with Crippen molar-refractivity contribution in [1.82, 2.24) is 4.57 Å². The molecule has 0 radical (unpaired) electrons. The molecule has 0 bridgehead atoms. The molecule has 0 saturated heterocycles. The van der Waals surface area contributed by atoms with Crippen LogP contribution in [0.5, 0.6) is 0 Å². The number of rotatable bonds is 5. The average molecular weight is 400 g/mol. The minimum absolute atomic E-state index is 0.0357. The molecule has 27 heavy (non-hydrogen) atoms. The summed E-state index contributed by atoms with van der Waals surface area (Å²) in [6.45, 7) is 0.387. The van der Waals surface area contributed by atoms with E-state index in [1.807, 2.05) is 6.07 Å². The first-order chi connectivity index (χ1) is 12.9. The summed E-state index contributed by atoms with van der Waals surface area (Å²) in [5, 5.41) is 8.95. The zero-order valence-electron chi connectivity index (χ0n) is 14.0. The van der Waals surface area contributed by atoms with Crippen molar-refractivity contribution in [3.8, 4) is 6.07 Å². The van der Waals surface area contributed by atoms with Crippen LogP contribution in [0.1, 0.15) is 11.1 Å². The van der Waals surface area contributed by atoms with Gasteiger partial charge in [-0.05, 0) is 42.0 Å². The predicted octanol–water partition coefficient (Wildman–Crippen LogP) is 3.22. The molecular weight excluding hydrogens is 386 g/mol. The Morgan fingerprint density at radius 2 is 1.81 bits per heavy atom. The van der Waals surface area contributed by atoms with Crippen molar-refractivity contribution < 1.29 is 8.42 Å². The minimum Gasteiger partial charge on any atom is -0.311 e. The van der Waals surface area contributed by atoms with Gasteiger partial charge in [0.2, 0.25) is 0 Å². The lowest BCUT2D eigenvalue weighted by atomic mass is 10.2. The molecule has 0 aliphatic heterocycles. The van der Waals surface area contributed by atoms with E-state index in [9.17, 15) is 13.2 Å². The van der Waals surface area contributed by atoms with Crippen LogP contribution in [-0.2, 0) is 16.6 Å². The molecule has 0 aliphatic carbocycles. The van der Waals surface area contributed by atoms with Gasteiger partial charge in [-0.2, -0.15) is 5.26 Å². The second kappa shape index (κ2) is 7.66. The zero-order valence-corrected chi connectivity index (χ0v) is 15.5. The maximum Gasteiger partial charge on any atom is 0.261 e. The van der Waals surface area contributed by atoms with Gasteiger partial charge in [-0.15, -0.1) is 0 Å². The van der Waals surface area contributed by atoms with Crippen molar-refractivity contribution in [2.24, 2.45) is 0 Å². The largest absolute Gasteiger partial charge is 0.311 e. The van der Waals surface area contributed by atoms with Gasteiger partial charge >= 0.3 is 0 Å². The average Bonchev–Trinajstić information content (AvgIpc) is 2.65. The van der Waals surface area contributed by atoms with Crippen LogP contribution >= 0.6 is 11.6 Å². The molecule has 0 saturated carbocycles. The first kappa shape index (κ1) is 18.7. The molecular formula is C19H14ClN3O3S. The monoisotopic (exact) mass is 399 g/mol. The predicted molar refractivity (Wildman–Crippen MR) is 103 cm³/mol. The van der Waals surface area contributed by atoms with Gasteiger partial charge in [0.25, 0.3) is 15.6 Å². The number of hydrogen-bond acceptors (Lipinski definition) is 4. The Bertz CT molecular complexity index is 1180. The lowest BCUT2D eigenvalue weighted by Gasteiger charge is -2.10. The summed E-state index contributed by atoms with van der Waals surface area (Å²) in [5.74, 6) is 0. The smallest absolute Gasteiger partial charge is 0.261 e. The summed E-state index contributed by atoms with van der Waals surface area (Å²) in [6, 6.07) is 17.4. The normalized spacial score (nSPS) is 11.0. The van der Waals surface area contributed by atoms with Crippen molar-refractivity contribution in [3.05, 3.63) is 93.4 Å². The first-order valence-electron chi connectivity index (χ1n) is 7.86. The number of nitriles is 1. The standard InChI is InChI=1S/C19H14ClN3O3S/c20-18-11-17(9-6-15(18)12-21)27(25,26)22-16-7-4-14(5-8-16)13-23-10-2-1-3-19(23)24/h1-11,22H,13H2. The quantitative estimate of drug-likeness (QED) is 0.712. The van der Waals surface area contributed by atoms with Crippen molar-refractivity contribution >= 4 is 27.3 Å². The zero-order chi connectivity index (χ0) is 19.4. The van der Waals surface area contributed by atoms with Crippen LogP contribution < -0.4 is 10.3 Å². The van der Waals surface area contributed by atoms with Crippen LogP contribution in [0.15, 0.2) is 76.6 Å². The molecule has 6 nitrogen and oxygen atoms in total. The number of aromatic nitrogens is 1. The maximum atomic E-state index is 12.5. The first-order valence-corrected chi connectivity index (χ1v) is 9.72. The Hall–Kier alpha value is -3.08. The number of hydrogen-bond donors (Lipinski definition) is 1. The third-order valence-electron chi connectivity index (χ3n) is 3.83. The van der Waals surface area contributed by atoms with Gasteiger partial charge in [-0.3, -0.25) is 9.52 Å². The number of nitrogens with zero attached hydrogens (tertiary/aromatic N) is 2. The third kappa shape index (κ3) is 4.37. The van der Waals surface area contributed by atoms with E-state index < -0.39 is 10.0 Å². The Morgan fingerprint density at radius 3 is 2.44 bits per heavy atom.